The van der Waals surface area contributed by atoms with Crippen LogP contribution in [0.1, 0.15) is 23.2 Å². The minimum absolute atomic E-state index is 0.230. The highest BCUT2D eigenvalue weighted by atomic mass is 16.2. The average molecular weight is 247 g/mol. The van der Waals surface area contributed by atoms with E-state index in [1.807, 2.05) is 0 Å². The summed E-state index contributed by atoms with van der Waals surface area (Å²) in [6.07, 6.45) is 0.548. The number of piperidine rings is 1. The van der Waals surface area contributed by atoms with Crippen LogP contribution in [0.25, 0.3) is 0 Å². The molecule has 2 rings (SSSR count). The Bertz CT molecular complexity index is 513. The summed E-state index contributed by atoms with van der Waals surface area (Å²) in [6.45, 7) is 0. The Labute approximate surface area is 104 Å². The molecule has 0 spiro atoms. The maximum Gasteiger partial charge on any atom is 0.252 e. The van der Waals surface area contributed by atoms with E-state index in [2.05, 4.69) is 10.6 Å². The fraction of sp³-hybridized carbons (Fsp3) is 0.250. The van der Waals surface area contributed by atoms with Crippen molar-refractivity contribution in [2.45, 2.75) is 18.9 Å². The number of imide groups is 1. The number of benzene rings is 1. The van der Waals surface area contributed by atoms with Crippen LogP contribution in [0.5, 0.6) is 0 Å². The molecule has 3 amide bonds. The van der Waals surface area contributed by atoms with Crippen molar-refractivity contribution >= 4 is 23.4 Å². The van der Waals surface area contributed by atoms with Gasteiger partial charge in [0, 0.05) is 17.7 Å². The Morgan fingerprint density at radius 3 is 2.83 bits per heavy atom. The van der Waals surface area contributed by atoms with Gasteiger partial charge in [-0.05, 0) is 24.6 Å². The highest BCUT2D eigenvalue weighted by molar-refractivity contribution is 6.03. The predicted molar refractivity (Wildman–Crippen MR) is 64.5 cm³/mol. The summed E-state index contributed by atoms with van der Waals surface area (Å²) in [5.41, 5.74) is 6.44. The molecule has 1 aliphatic rings. The number of rotatable bonds is 2. The first-order valence-electron chi connectivity index (χ1n) is 5.56. The van der Waals surface area contributed by atoms with Crippen molar-refractivity contribution in [1.29, 1.82) is 0 Å². The second-order valence-electron chi connectivity index (χ2n) is 4.10. The van der Waals surface area contributed by atoms with Crippen LogP contribution in [0.4, 0.5) is 5.69 Å². The molecule has 1 fully saturated rings. The molecule has 6 heteroatoms. The highest BCUT2D eigenvalue weighted by Gasteiger charge is 2.27. The topological polar surface area (TPSA) is 101 Å². The van der Waals surface area contributed by atoms with Crippen LogP contribution in [0.2, 0.25) is 0 Å². The summed E-state index contributed by atoms with van der Waals surface area (Å²) in [7, 11) is 0. The van der Waals surface area contributed by atoms with Crippen molar-refractivity contribution in [3.8, 4) is 0 Å². The summed E-state index contributed by atoms with van der Waals surface area (Å²) >= 11 is 0. The lowest BCUT2D eigenvalue weighted by molar-refractivity contribution is -0.134. The fourth-order valence-electron chi connectivity index (χ4n) is 1.75. The van der Waals surface area contributed by atoms with Crippen molar-refractivity contribution in [3.63, 3.8) is 0 Å². The molecular formula is C12H13N3O3. The first kappa shape index (κ1) is 12.1. The van der Waals surface area contributed by atoms with Crippen molar-refractivity contribution < 1.29 is 14.4 Å². The van der Waals surface area contributed by atoms with Gasteiger partial charge in [0.25, 0.3) is 5.91 Å². The number of anilines is 1. The second kappa shape index (κ2) is 4.87. The molecule has 94 valence electrons. The molecule has 1 atom stereocenters. The van der Waals surface area contributed by atoms with Crippen molar-refractivity contribution in [2.75, 3.05) is 5.73 Å². The van der Waals surface area contributed by atoms with E-state index >= 15 is 0 Å². The molecule has 1 aliphatic heterocycles. The average Bonchev–Trinajstić information content (AvgIpc) is 2.32. The summed E-state index contributed by atoms with van der Waals surface area (Å²) in [4.78, 5) is 34.3. The number of carbonyl (C=O) groups is 3. The van der Waals surface area contributed by atoms with Gasteiger partial charge in [0.1, 0.15) is 6.04 Å². The molecule has 1 heterocycles. The lowest BCUT2D eigenvalue weighted by Crippen LogP contribution is -2.52. The number of hydrogen-bond donors (Lipinski definition) is 3. The third-order valence-electron chi connectivity index (χ3n) is 2.69. The molecule has 0 aliphatic carbocycles. The molecular weight excluding hydrogens is 234 g/mol. The maximum atomic E-state index is 11.9. The van der Waals surface area contributed by atoms with Crippen molar-refractivity contribution in [3.05, 3.63) is 29.8 Å². The zero-order valence-electron chi connectivity index (χ0n) is 9.60. The number of carbonyl (C=O) groups excluding carboxylic acids is 3. The van der Waals surface area contributed by atoms with Crippen LogP contribution in [0.3, 0.4) is 0 Å². The van der Waals surface area contributed by atoms with E-state index in [1.165, 1.54) is 6.07 Å². The van der Waals surface area contributed by atoms with Gasteiger partial charge in [-0.25, -0.2) is 0 Å². The Balaban J connectivity index is 2.03. The van der Waals surface area contributed by atoms with Crippen LogP contribution in [-0.2, 0) is 9.59 Å². The zero-order valence-corrected chi connectivity index (χ0v) is 9.60. The third-order valence-corrected chi connectivity index (χ3v) is 2.69. The lowest BCUT2D eigenvalue weighted by atomic mass is 10.1. The number of nitrogens with two attached hydrogens (primary N) is 1. The van der Waals surface area contributed by atoms with Gasteiger partial charge >= 0.3 is 0 Å². The van der Waals surface area contributed by atoms with Crippen LogP contribution in [0, 0.1) is 0 Å². The van der Waals surface area contributed by atoms with Gasteiger partial charge in [-0.1, -0.05) is 6.07 Å². The first-order chi connectivity index (χ1) is 8.56. The summed E-state index contributed by atoms with van der Waals surface area (Å²) in [5.74, 6) is -1.16. The molecule has 18 heavy (non-hydrogen) atoms. The predicted octanol–water partition coefficient (Wildman–Crippen LogP) is -0.196. The molecule has 4 N–H and O–H groups in total. The summed E-state index contributed by atoms with van der Waals surface area (Å²) in [5, 5.41) is 4.75. The van der Waals surface area contributed by atoms with E-state index in [-0.39, 0.29) is 18.2 Å². The van der Waals surface area contributed by atoms with Gasteiger partial charge < -0.3 is 11.1 Å². The first-order valence-corrected chi connectivity index (χ1v) is 5.56. The zero-order chi connectivity index (χ0) is 13.1. The van der Waals surface area contributed by atoms with Gasteiger partial charge in [0.15, 0.2) is 0 Å². The lowest BCUT2D eigenvalue weighted by Gasteiger charge is -2.21. The van der Waals surface area contributed by atoms with E-state index in [4.69, 9.17) is 5.73 Å². The minimum Gasteiger partial charge on any atom is -0.399 e. The molecule has 6 nitrogen and oxygen atoms in total. The standard InChI is InChI=1S/C12H13N3O3/c13-8-3-1-2-7(6-8)11(17)14-9-4-5-10(16)15-12(9)18/h1-3,6,9H,4-5,13H2,(H,14,17)(H,15,16,18). The Kier molecular flexibility index (Phi) is 3.27. The maximum absolute atomic E-state index is 11.9. The van der Waals surface area contributed by atoms with E-state index in [1.54, 1.807) is 18.2 Å². The Hall–Kier alpha value is -2.37. The van der Waals surface area contributed by atoms with Gasteiger partial charge in [0.05, 0.1) is 0 Å². The number of hydrogen-bond acceptors (Lipinski definition) is 4. The third kappa shape index (κ3) is 2.65. The number of nitrogen functional groups attached to an aromatic ring is 1. The van der Waals surface area contributed by atoms with Crippen LogP contribution >= 0.6 is 0 Å². The fourth-order valence-corrected chi connectivity index (χ4v) is 1.75. The van der Waals surface area contributed by atoms with Crippen molar-refractivity contribution in [2.24, 2.45) is 0 Å². The molecule has 1 aromatic rings. The monoisotopic (exact) mass is 247 g/mol. The largest absolute Gasteiger partial charge is 0.399 e. The highest BCUT2D eigenvalue weighted by Crippen LogP contribution is 2.09. The quantitative estimate of drug-likeness (QED) is 0.497. The molecule has 1 saturated heterocycles. The van der Waals surface area contributed by atoms with E-state index in [0.717, 1.165) is 0 Å². The van der Waals surface area contributed by atoms with E-state index in [9.17, 15) is 14.4 Å². The normalized spacial score (nSPS) is 19.2. The molecule has 0 bridgehead atoms. The van der Waals surface area contributed by atoms with Crippen molar-refractivity contribution in [1.82, 2.24) is 10.6 Å². The molecule has 1 unspecified atom stereocenters. The second-order valence-corrected chi connectivity index (χ2v) is 4.10. The Morgan fingerprint density at radius 2 is 2.17 bits per heavy atom. The number of amides is 3. The summed E-state index contributed by atoms with van der Waals surface area (Å²) in [6, 6.07) is 5.80. The number of nitrogens with one attached hydrogen (secondary N) is 2. The summed E-state index contributed by atoms with van der Waals surface area (Å²) < 4.78 is 0. The van der Waals surface area contributed by atoms with E-state index in [0.29, 0.717) is 17.7 Å². The van der Waals surface area contributed by atoms with Gasteiger partial charge in [-0.2, -0.15) is 0 Å². The SMILES string of the molecule is Nc1cccc(C(=O)NC2CCC(=O)NC2=O)c1. The van der Waals surface area contributed by atoms with E-state index < -0.39 is 11.9 Å². The molecule has 0 saturated carbocycles. The Morgan fingerprint density at radius 1 is 1.39 bits per heavy atom. The molecule has 0 radical (unpaired) electrons. The van der Waals surface area contributed by atoms with Gasteiger partial charge in [0.2, 0.25) is 11.8 Å². The molecule has 0 aromatic heterocycles. The van der Waals surface area contributed by atoms with Crippen LogP contribution in [0.15, 0.2) is 24.3 Å². The molecule has 1 aromatic carbocycles. The van der Waals surface area contributed by atoms with Crippen LogP contribution in [-0.4, -0.2) is 23.8 Å². The van der Waals surface area contributed by atoms with Gasteiger partial charge in [-0.3, -0.25) is 19.7 Å². The minimum atomic E-state index is -0.670. The smallest absolute Gasteiger partial charge is 0.252 e. The van der Waals surface area contributed by atoms with Crippen LogP contribution < -0.4 is 16.4 Å². The van der Waals surface area contributed by atoms with Gasteiger partial charge in [-0.15, -0.1) is 0 Å².